The molecule has 0 atom stereocenters. The zero-order valence-corrected chi connectivity index (χ0v) is 20.7. The van der Waals surface area contributed by atoms with E-state index in [0.29, 0.717) is 37.4 Å². The molecule has 1 aliphatic rings. The molecule has 2 aromatic carbocycles. The number of pyridine rings is 2. The van der Waals surface area contributed by atoms with Gasteiger partial charge in [-0.15, -0.1) is 0 Å². The van der Waals surface area contributed by atoms with Crippen molar-refractivity contribution in [1.29, 1.82) is 0 Å². The van der Waals surface area contributed by atoms with E-state index in [1.807, 2.05) is 61.5 Å². The van der Waals surface area contributed by atoms with Gasteiger partial charge in [0.05, 0.1) is 17.8 Å². The van der Waals surface area contributed by atoms with E-state index in [-0.39, 0.29) is 0 Å². The highest BCUT2D eigenvalue weighted by molar-refractivity contribution is 5.86. The molecule has 0 N–H and O–H groups in total. The SMILES string of the molecule is Cc1c(COc2ccnc(OCCC3CCOCC3)c2)nc2ccccc2c1OCc1ccccc1. The quantitative estimate of drug-likeness (QED) is 0.264. The molecule has 6 nitrogen and oxygen atoms in total. The molecule has 186 valence electrons. The molecule has 1 fully saturated rings. The van der Waals surface area contributed by atoms with Crippen molar-refractivity contribution in [3.8, 4) is 17.4 Å². The number of benzene rings is 2. The minimum Gasteiger partial charge on any atom is -0.488 e. The summed E-state index contributed by atoms with van der Waals surface area (Å²) < 4.78 is 23.8. The van der Waals surface area contributed by atoms with Gasteiger partial charge in [0.2, 0.25) is 5.88 Å². The Morgan fingerprint density at radius 3 is 2.56 bits per heavy atom. The minimum absolute atomic E-state index is 0.323. The number of fused-ring (bicyclic) bond motifs is 1. The van der Waals surface area contributed by atoms with Crippen molar-refractivity contribution in [3.63, 3.8) is 0 Å². The highest BCUT2D eigenvalue weighted by Crippen LogP contribution is 2.32. The number of nitrogens with zero attached hydrogens (tertiary/aromatic N) is 2. The Morgan fingerprint density at radius 2 is 1.69 bits per heavy atom. The lowest BCUT2D eigenvalue weighted by Gasteiger charge is -2.21. The van der Waals surface area contributed by atoms with Crippen LogP contribution in [-0.4, -0.2) is 29.8 Å². The van der Waals surface area contributed by atoms with Crippen molar-refractivity contribution in [3.05, 3.63) is 89.7 Å². The second-order valence-electron chi connectivity index (χ2n) is 9.12. The first kappa shape index (κ1) is 24.1. The maximum atomic E-state index is 6.31. The smallest absolute Gasteiger partial charge is 0.216 e. The van der Waals surface area contributed by atoms with Crippen LogP contribution in [0, 0.1) is 12.8 Å². The number of ether oxygens (including phenoxy) is 4. The standard InChI is InChI=1S/C30H32N2O4/c1-22-28(21-35-25-11-15-31-29(19-25)34-18-14-23-12-16-33-17-13-23)32-27-10-6-5-9-26(27)30(22)36-20-24-7-3-2-4-8-24/h2-11,15,19,23H,12-14,16-18,20-21H2,1H3. The van der Waals surface area contributed by atoms with E-state index in [0.717, 1.165) is 65.9 Å². The lowest BCUT2D eigenvalue weighted by Crippen LogP contribution is -2.17. The van der Waals surface area contributed by atoms with Crippen molar-refractivity contribution in [2.24, 2.45) is 5.92 Å². The lowest BCUT2D eigenvalue weighted by molar-refractivity contribution is 0.0591. The Balaban J connectivity index is 1.26. The molecule has 0 saturated carbocycles. The predicted octanol–water partition coefficient (Wildman–Crippen LogP) is 6.29. The third kappa shape index (κ3) is 6.13. The van der Waals surface area contributed by atoms with Crippen molar-refractivity contribution in [2.45, 2.75) is 39.4 Å². The molecule has 1 saturated heterocycles. The largest absolute Gasteiger partial charge is 0.488 e. The summed E-state index contributed by atoms with van der Waals surface area (Å²) in [5.74, 6) is 2.79. The summed E-state index contributed by atoms with van der Waals surface area (Å²) in [7, 11) is 0. The average Bonchev–Trinajstić information content (AvgIpc) is 2.93. The van der Waals surface area contributed by atoms with Crippen LogP contribution >= 0.6 is 0 Å². The van der Waals surface area contributed by atoms with Gasteiger partial charge in [-0.3, -0.25) is 0 Å². The summed E-state index contributed by atoms with van der Waals surface area (Å²) in [6.07, 6.45) is 4.94. The molecule has 0 aliphatic carbocycles. The maximum Gasteiger partial charge on any atom is 0.216 e. The molecule has 0 spiro atoms. The molecule has 5 rings (SSSR count). The van der Waals surface area contributed by atoms with Crippen molar-refractivity contribution in [2.75, 3.05) is 19.8 Å². The first-order chi connectivity index (χ1) is 17.8. The summed E-state index contributed by atoms with van der Waals surface area (Å²) in [6, 6.07) is 21.9. The van der Waals surface area contributed by atoms with E-state index in [9.17, 15) is 0 Å². The van der Waals surface area contributed by atoms with Gasteiger partial charge in [0.1, 0.15) is 24.7 Å². The van der Waals surface area contributed by atoms with Crippen LogP contribution in [0.5, 0.6) is 17.4 Å². The first-order valence-corrected chi connectivity index (χ1v) is 12.6. The van der Waals surface area contributed by atoms with Gasteiger partial charge in [0.25, 0.3) is 0 Å². The highest BCUT2D eigenvalue weighted by atomic mass is 16.5. The van der Waals surface area contributed by atoms with Crippen LogP contribution in [0.3, 0.4) is 0 Å². The van der Waals surface area contributed by atoms with Crippen molar-refractivity contribution >= 4 is 10.9 Å². The molecule has 6 heteroatoms. The van der Waals surface area contributed by atoms with Gasteiger partial charge in [-0.1, -0.05) is 42.5 Å². The maximum absolute atomic E-state index is 6.31. The second kappa shape index (κ2) is 11.9. The van der Waals surface area contributed by atoms with Gasteiger partial charge in [-0.25, -0.2) is 9.97 Å². The monoisotopic (exact) mass is 484 g/mol. The van der Waals surface area contributed by atoms with Crippen LogP contribution in [0.2, 0.25) is 0 Å². The fraction of sp³-hybridized carbons (Fsp3) is 0.333. The normalized spacial score (nSPS) is 14.0. The average molecular weight is 485 g/mol. The Labute approximate surface area is 212 Å². The van der Waals surface area contributed by atoms with Crippen LogP contribution < -0.4 is 14.2 Å². The van der Waals surface area contributed by atoms with E-state index in [2.05, 4.69) is 17.1 Å². The van der Waals surface area contributed by atoms with Crippen LogP contribution in [0.4, 0.5) is 0 Å². The Morgan fingerprint density at radius 1 is 0.889 bits per heavy atom. The predicted molar refractivity (Wildman–Crippen MR) is 139 cm³/mol. The lowest BCUT2D eigenvalue weighted by atomic mass is 9.97. The fourth-order valence-corrected chi connectivity index (χ4v) is 4.46. The van der Waals surface area contributed by atoms with Crippen LogP contribution in [0.1, 0.15) is 36.1 Å². The molecule has 4 aromatic rings. The fourth-order valence-electron chi connectivity index (χ4n) is 4.46. The number of para-hydroxylation sites is 1. The highest BCUT2D eigenvalue weighted by Gasteiger charge is 2.15. The van der Waals surface area contributed by atoms with Crippen LogP contribution in [0.15, 0.2) is 72.9 Å². The van der Waals surface area contributed by atoms with Gasteiger partial charge >= 0.3 is 0 Å². The second-order valence-corrected chi connectivity index (χ2v) is 9.12. The zero-order valence-electron chi connectivity index (χ0n) is 20.7. The summed E-state index contributed by atoms with van der Waals surface area (Å²) in [4.78, 5) is 9.21. The van der Waals surface area contributed by atoms with Crippen LogP contribution in [0.25, 0.3) is 10.9 Å². The van der Waals surface area contributed by atoms with Gasteiger partial charge in [-0.05, 0) is 55.9 Å². The molecule has 0 bridgehead atoms. The summed E-state index contributed by atoms with van der Waals surface area (Å²) >= 11 is 0. The third-order valence-electron chi connectivity index (χ3n) is 6.60. The number of hydrogen-bond donors (Lipinski definition) is 0. The van der Waals surface area contributed by atoms with E-state index in [1.165, 1.54) is 0 Å². The van der Waals surface area contributed by atoms with Gasteiger partial charge in [-0.2, -0.15) is 0 Å². The molecular formula is C30H32N2O4. The van der Waals surface area contributed by atoms with E-state index in [4.69, 9.17) is 23.9 Å². The van der Waals surface area contributed by atoms with Gasteiger partial charge in [0.15, 0.2) is 0 Å². The molecule has 2 aromatic heterocycles. The topological polar surface area (TPSA) is 62.7 Å². The molecule has 1 aliphatic heterocycles. The Hall–Kier alpha value is -3.64. The third-order valence-corrected chi connectivity index (χ3v) is 6.60. The van der Waals surface area contributed by atoms with Crippen molar-refractivity contribution in [1.82, 2.24) is 9.97 Å². The molecule has 3 heterocycles. The Kier molecular flexibility index (Phi) is 7.93. The van der Waals surface area contributed by atoms with Crippen molar-refractivity contribution < 1.29 is 18.9 Å². The van der Waals surface area contributed by atoms with E-state index < -0.39 is 0 Å². The van der Waals surface area contributed by atoms with E-state index in [1.54, 1.807) is 6.20 Å². The summed E-state index contributed by atoms with van der Waals surface area (Å²) in [5.41, 5.74) is 3.83. The minimum atomic E-state index is 0.323. The number of rotatable bonds is 10. The zero-order chi connectivity index (χ0) is 24.6. The Bertz CT molecular complexity index is 1270. The first-order valence-electron chi connectivity index (χ1n) is 12.6. The van der Waals surface area contributed by atoms with Gasteiger partial charge < -0.3 is 18.9 Å². The van der Waals surface area contributed by atoms with Gasteiger partial charge in [0, 0.05) is 36.4 Å². The molecular weight excluding hydrogens is 452 g/mol. The molecule has 36 heavy (non-hydrogen) atoms. The number of hydrogen-bond acceptors (Lipinski definition) is 6. The molecule has 0 unspecified atom stereocenters. The molecule has 0 radical (unpaired) electrons. The van der Waals surface area contributed by atoms with E-state index >= 15 is 0 Å². The van der Waals surface area contributed by atoms with Crippen LogP contribution in [-0.2, 0) is 18.0 Å². The molecule has 0 amide bonds. The summed E-state index contributed by atoms with van der Waals surface area (Å²) in [5, 5.41) is 0.999. The number of aromatic nitrogens is 2. The summed E-state index contributed by atoms with van der Waals surface area (Å²) in [6.45, 7) is 5.21.